The van der Waals surface area contributed by atoms with Gasteiger partial charge in [-0.3, -0.25) is 4.79 Å². The van der Waals surface area contributed by atoms with Gasteiger partial charge in [-0.25, -0.2) is 18.1 Å². The van der Waals surface area contributed by atoms with E-state index in [1.165, 1.54) is 19.3 Å². The van der Waals surface area contributed by atoms with E-state index in [2.05, 4.69) is 14.6 Å². The summed E-state index contributed by atoms with van der Waals surface area (Å²) in [7, 11) is -3.67. The van der Waals surface area contributed by atoms with Crippen molar-refractivity contribution in [2.45, 2.75) is 50.5 Å². The van der Waals surface area contributed by atoms with E-state index < -0.39 is 10.0 Å². The van der Waals surface area contributed by atoms with E-state index in [1.54, 1.807) is 36.2 Å². The maximum absolute atomic E-state index is 12.8. The molecular weight excluding hydrogens is 400 g/mol. The number of hydrogen-bond donors (Lipinski definition) is 1. The van der Waals surface area contributed by atoms with Crippen molar-refractivity contribution in [2.24, 2.45) is 0 Å². The molecule has 2 aromatic rings. The molecule has 1 aromatic heterocycles. The highest BCUT2D eigenvalue weighted by Crippen LogP contribution is 2.26. The highest BCUT2D eigenvalue weighted by Gasteiger charge is 2.24. The number of aryl methyl sites for hydroxylation is 1. The molecule has 8 heteroatoms. The van der Waals surface area contributed by atoms with Crippen LogP contribution in [0.15, 0.2) is 41.4 Å². The third kappa shape index (κ3) is 4.49. The molecule has 0 saturated carbocycles. The molecule has 4 rings (SSSR count). The molecule has 0 spiro atoms. The highest BCUT2D eigenvalue weighted by atomic mass is 32.2. The van der Waals surface area contributed by atoms with E-state index in [0.29, 0.717) is 18.5 Å². The first-order chi connectivity index (χ1) is 14.4. The van der Waals surface area contributed by atoms with Gasteiger partial charge in [-0.2, -0.15) is 0 Å². The number of hydrogen-bond acceptors (Lipinski definition) is 5. The molecule has 2 fully saturated rings. The smallest absolute Gasteiger partial charge is 0.241 e. The Morgan fingerprint density at radius 3 is 2.47 bits per heavy atom. The van der Waals surface area contributed by atoms with E-state index in [9.17, 15) is 13.2 Å². The second kappa shape index (κ2) is 8.73. The Bertz CT molecular complexity index is 1020. The molecule has 1 aromatic carbocycles. The minimum Gasteiger partial charge on any atom is -0.357 e. The van der Waals surface area contributed by atoms with Crippen LogP contribution in [0.25, 0.3) is 0 Å². The Hall–Kier alpha value is -2.45. The lowest BCUT2D eigenvalue weighted by molar-refractivity contribution is -0.117. The summed E-state index contributed by atoms with van der Waals surface area (Å²) in [6.07, 6.45) is 6.77. The normalized spacial score (nSPS) is 17.6. The summed E-state index contributed by atoms with van der Waals surface area (Å²) in [6.45, 7) is 4.67. The zero-order chi connectivity index (χ0) is 21.1. The van der Waals surface area contributed by atoms with Gasteiger partial charge in [0, 0.05) is 44.5 Å². The van der Waals surface area contributed by atoms with Crippen LogP contribution in [0.5, 0.6) is 0 Å². The van der Waals surface area contributed by atoms with Crippen molar-refractivity contribution in [1.82, 2.24) is 9.71 Å². The summed E-state index contributed by atoms with van der Waals surface area (Å²) in [5.74, 6) is 1.04. The number of sulfonamides is 1. The SMILES string of the molecule is Cc1cc(N2CCCC2=O)ccc1S(=O)(=O)NCc1ccc(N2CCCCC2)nc1. The predicted octanol–water partition coefficient (Wildman–Crippen LogP) is 2.99. The fraction of sp³-hybridized carbons (Fsp3) is 0.455. The first-order valence-corrected chi connectivity index (χ1v) is 12.0. The molecule has 7 nitrogen and oxygen atoms in total. The summed E-state index contributed by atoms with van der Waals surface area (Å²) in [4.78, 5) is 20.7. The molecule has 2 saturated heterocycles. The van der Waals surface area contributed by atoms with Crippen LogP contribution in [0.4, 0.5) is 11.5 Å². The van der Waals surface area contributed by atoms with Crippen molar-refractivity contribution >= 4 is 27.4 Å². The lowest BCUT2D eigenvalue weighted by Crippen LogP contribution is -2.30. The van der Waals surface area contributed by atoms with E-state index in [0.717, 1.165) is 36.6 Å². The van der Waals surface area contributed by atoms with Crippen LogP contribution in [-0.2, 0) is 21.4 Å². The molecule has 160 valence electrons. The number of nitrogens with one attached hydrogen (secondary N) is 1. The molecule has 0 unspecified atom stereocenters. The maximum atomic E-state index is 12.8. The molecule has 0 atom stereocenters. The lowest BCUT2D eigenvalue weighted by Gasteiger charge is -2.27. The molecule has 2 aliphatic rings. The minimum atomic E-state index is -3.67. The van der Waals surface area contributed by atoms with Gasteiger partial charge in [0.2, 0.25) is 15.9 Å². The number of aromatic nitrogens is 1. The molecule has 0 radical (unpaired) electrons. The van der Waals surface area contributed by atoms with Gasteiger partial charge >= 0.3 is 0 Å². The molecule has 2 aliphatic heterocycles. The molecular formula is C22H28N4O3S. The second-order valence-corrected chi connectivity index (χ2v) is 9.73. The number of nitrogens with zero attached hydrogens (tertiary/aromatic N) is 3. The van der Waals surface area contributed by atoms with Crippen molar-refractivity contribution in [3.63, 3.8) is 0 Å². The van der Waals surface area contributed by atoms with Crippen LogP contribution >= 0.6 is 0 Å². The van der Waals surface area contributed by atoms with E-state index in [4.69, 9.17) is 0 Å². The summed E-state index contributed by atoms with van der Waals surface area (Å²) < 4.78 is 28.3. The fourth-order valence-electron chi connectivity index (χ4n) is 4.11. The van der Waals surface area contributed by atoms with Crippen LogP contribution in [0.2, 0.25) is 0 Å². The molecule has 1 N–H and O–H groups in total. The van der Waals surface area contributed by atoms with Crippen molar-refractivity contribution in [2.75, 3.05) is 29.4 Å². The topological polar surface area (TPSA) is 82.6 Å². The third-order valence-electron chi connectivity index (χ3n) is 5.79. The summed E-state index contributed by atoms with van der Waals surface area (Å²) in [5, 5.41) is 0. The summed E-state index contributed by atoms with van der Waals surface area (Å²) in [6, 6.07) is 8.94. The summed E-state index contributed by atoms with van der Waals surface area (Å²) >= 11 is 0. The standard InChI is InChI=1S/C22H28N4O3S/c1-17-14-19(26-13-5-6-22(26)27)8-9-20(17)30(28,29)24-16-18-7-10-21(23-15-18)25-11-3-2-4-12-25/h7-10,14-15,24H,2-6,11-13,16H2,1H3. The van der Waals surface area contributed by atoms with Crippen LogP contribution in [-0.4, -0.2) is 38.9 Å². The average molecular weight is 429 g/mol. The van der Waals surface area contributed by atoms with Crippen molar-refractivity contribution in [1.29, 1.82) is 0 Å². The number of rotatable bonds is 6. The van der Waals surface area contributed by atoms with Gasteiger partial charge in [0.1, 0.15) is 5.82 Å². The number of amides is 1. The second-order valence-electron chi connectivity index (χ2n) is 8.00. The zero-order valence-corrected chi connectivity index (χ0v) is 18.1. The lowest BCUT2D eigenvalue weighted by atomic mass is 10.1. The van der Waals surface area contributed by atoms with Gasteiger partial charge in [0.15, 0.2) is 0 Å². The number of anilines is 2. The molecule has 30 heavy (non-hydrogen) atoms. The summed E-state index contributed by atoms with van der Waals surface area (Å²) in [5.41, 5.74) is 2.20. The van der Waals surface area contributed by atoms with Crippen LogP contribution in [0.3, 0.4) is 0 Å². The first-order valence-electron chi connectivity index (χ1n) is 10.5. The van der Waals surface area contributed by atoms with Crippen LogP contribution in [0.1, 0.15) is 43.2 Å². The Morgan fingerprint density at radius 1 is 1.03 bits per heavy atom. The highest BCUT2D eigenvalue weighted by molar-refractivity contribution is 7.89. The monoisotopic (exact) mass is 428 g/mol. The molecule has 0 bridgehead atoms. The van der Waals surface area contributed by atoms with E-state index in [1.807, 2.05) is 12.1 Å². The Morgan fingerprint density at radius 2 is 1.83 bits per heavy atom. The Kier molecular flexibility index (Phi) is 6.06. The largest absolute Gasteiger partial charge is 0.357 e. The van der Waals surface area contributed by atoms with Crippen LogP contribution < -0.4 is 14.5 Å². The molecule has 0 aliphatic carbocycles. The maximum Gasteiger partial charge on any atom is 0.241 e. The van der Waals surface area contributed by atoms with Gasteiger partial charge in [-0.05, 0) is 68.0 Å². The predicted molar refractivity (Wildman–Crippen MR) is 117 cm³/mol. The molecule has 1 amide bonds. The van der Waals surface area contributed by atoms with Gasteiger partial charge in [0.05, 0.1) is 4.90 Å². The van der Waals surface area contributed by atoms with Gasteiger partial charge in [-0.15, -0.1) is 0 Å². The first kappa shape index (κ1) is 20.8. The van der Waals surface area contributed by atoms with E-state index >= 15 is 0 Å². The van der Waals surface area contributed by atoms with Crippen molar-refractivity contribution in [3.05, 3.63) is 47.7 Å². The fourth-order valence-corrected chi connectivity index (χ4v) is 5.35. The van der Waals surface area contributed by atoms with Gasteiger partial charge in [-0.1, -0.05) is 6.07 Å². The van der Waals surface area contributed by atoms with Crippen molar-refractivity contribution < 1.29 is 13.2 Å². The van der Waals surface area contributed by atoms with Crippen molar-refractivity contribution in [3.8, 4) is 0 Å². The van der Waals surface area contributed by atoms with Gasteiger partial charge < -0.3 is 9.80 Å². The third-order valence-corrected chi connectivity index (χ3v) is 7.35. The van der Waals surface area contributed by atoms with Crippen LogP contribution in [0, 0.1) is 6.92 Å². The molecule has 3 heterocycles. The Labute approximate surface area is 178 Å². The minimum absolute atomic E-state index is 0.0867. The number of carbonyl (C=O) groups is 1. The zero-order valence-electron chi connectivity index (χ0n) is 17.3. The quantitative estimate of drug-likeness (QED) is 0.765. The average Bonchev–Trinajstić information content (AvgIpc) is 3.19. The number of piperidine rings is 1. The van der Waals surface area contributed by atoms with E-state index in [-0.39, 0.29) is 17.3 Å². The number of benzene rings is 1. The number of carbonyl (C=O) groups excluding carboxylic acids is 1. The number of pyridine rings is 1. The Balaban J connectivity index is 1.42. The van der Waals surface area contributed by atoms with Gasteiger partial charge in [0.25, 0.3) is 0 Å².